The van der Waals surface area contributed by atoms with Crippen molar-refractivity contribution in [1.29, 1.82) is 0 Å². The summed E-state index contributed by atoms with van der Waals surface area (Å²) in [5.41, 5.74) is 9.67. The molecule has 0 spiro atoms. The topological polar surface area (TPSA) is 55.1 Å². The number of nitrogen functional groups attached to an aromatic ring is 1. The van der Waals surface area contributed by atoms with Crippen molar-refractivity contribution in [1.82, 2.24) is 0 Å². The number of nitrogens with two attached hydrogens (primary N) is 1. The first kappa shape index (κ1) is 13.6. The van der Waals surface area contributed by atoms with Gasteiger partial charge in [0.05, 0.1) is 0 Å². The van der Waals surface area contributed by atoms with Crippen LogP contribution in [0.1, 0.15) is 21.5 Å². The molecular formula is C15H15BrN2O. The lowest BCUT2D eigenvalue weighted by atomic mass is 10.1. The molecule has 0 unspecified atom stereocenters. The highest BCUT2D eigenvalue weighted by molar-refractivity contribution is 9.10. The van der Waals surface area contributed by atoms with E-state index in [2.05, 4.69) is 21.2 Å². The number of rotatable bonds is 2. The predicted molar refractivity (Wildman–Crippen MR) is 82.4 cm³/mol. The lowest BCUT2D eigenvalue weighted by Gasteiger charge is -2.10. The van der Waals surface area contributed by atoms with Crippen LogP contribution in [0, 0.1) is 13.8 Å². The van der Waals surface area contributed by atoms with E-state index in [1.807, 2.05) is 32.0 Å². The molecule has 98 valence electrons. The van der Waals surface area contributed by atoms with Crippen molar-refractivity contribution in [2.24, 2.45) is 0 Å². The fraction of sp³-hybridized carbons (Fsp3) is 0.133. The molecule has 2 rings (SSSR count). The van der Waals surface area contributed by atoms with E-state index in [-0.39, 0.29) is 5.91 Å². The highest BCUT2D eigenvalue weighted by Crippen LogP contribution is 2.21. The molecule has 0 aromatic heterocycles. The van der Waals surface area contributed by atoms with Crippen molar-refractivity contribution in [2.75, 3.05) is 11.1 Å². The van der Waals surface area contributed by atoms with Crippen LogP contribution in [-0.2, 0) is 0 Å². The molecule has 19 heavy (non-hydrogen) atoms. The van der Waals surface area contributed by atoms with E-state index in [4.69, 9.17) is 5.73 Å². The number of benzene rings is 2. The molecule has 0 aliphatic heterocycles. The van der Waals surface area contributed by atoms with E-state index in [0.29, 0.717) is 11.3 Å². The fourth-order valence-corrected chi connectivity index (χ4v) is 2.37. The summed E-state index contributed by atoms with van der Waals surface area (Å²) in [7, 11) is 0. The monoisotopic (exact) mass is 318 g/mol. The van der Waals surface area contributed by atoms with E-state index in [1.54, 1.807) is 18.2 Å². The van der Waals surface area contributed by atoms with Gasteiger partial charge in [-0.3, -0.25) is 4.79 Å². The Morgan fingerprint density at radius 1 is 1.11 bits per heavy atom. The number of hydrogen-bond acceptors (Lipinski definition) is 2. The number of carbonyl (C=O) groups is 1. The van der Waals surface area contributed by atoms with Gasteiger partial charge in [-0.05, 0) is 61.4 Å². The van der Waals surface area contributed by atoms with Gasteiger partial charge >= 0.3 is 0 Å². The molecule has 0 saturated heterocycles. The number of aryl methyl sites for hydroxylation is 2. The van der Waals surface area contributed by atoms with E-state index < -0.39 is 0 Å². The van der Waals surface area contributed by atoms with Crippen molar-refractivity contribution in [3.05, 3.63) is 57.6 Å². The molecule has 0 atom stereocenters. The van der Waals surface area contributed by atoms with Crippen molar-refractivity contribution >= 4 is 33.2 Å². The first-order valence-electron chi connectivity index (χ1n) is 5.91. The molecule has 3 nitrogen and oxygen atoms in total. The fourth-order valence-electron chi connectivity index (χ4n) is 1.90. The van der Waals surface area contributed by atoms with E-state index in [0.717, 1.165) is 21.3 Å². The summed E-state index contributed by atoms with van der Waals surface area (Å²) in [5.74, 6) is -0.122. The van der Waals surface area contributed by atoms with Crippen LogP contribution in [0.15, 0.2) is 40.9 Å². The molecule has 4 heteroatoms. The molecule has 0 heterocycles. The minimum Gasteiger partial charge on any atom is -0.399 e. The Kier molecular flexibility index (Phi) is 3.90. The summed E-state index contributed by atoms with van der Waals surface area (Å²) in [6.07, 6.45) is 0. The number of halogens is 1. The lowest BCUT2D eigenvalue weighted by molar-refractivity contribution is 0.102. The zero-order valence-electron chi connectivity index (χ0n) is 10.8. The summed E-state index contributed by atoms with van der Waals surface area (Å²) < 4.78 is 0.992. The number of carbonyl (C=O) groups excluding carboxylic acids is 1. The summed E-state index contributed by atoms with van der Waals surface area (Å²) in [6.45, 7) is 3.83. The van der Waals surface area contributed by atoms with Gasteiger partial charge in [0.25, 0.3) is 5.91 Å². The smallest absolute Gasteiger partial charge is 0.255 e. The highest BCUT2D eigenvalue weighted by Gasteiger charge is 2.10. The highest BCUT2D eigenvalue weighted by atomic mass is 79.9. The van der Waals surface area contributed by atoms with Gasteiger partial charge in [0, 0.05) is 21.4 Å². The SMILES string of the molecule is Cc1cc(Br)ccc1NC(=O)c1ccc(N)cc1C. The first-order valence-corrected chi connectivity index (χ1v) is 6.70. The van der Waals surface area contributed by atoms with Crippen LogP contribution in [0.5, 0.6) is 0 Å². The largest absolute Gasteiger partial charge is 0.399 e. The van der Waals surface area contributed by atoms with Gasteiger partial charge in [-0.15, -0.1) is 0 Å². The average Bonchev–Trinajstić information content (AvgIpc) is 2.32. The van der Waals surface area contributed by atoms with Gasteiger partial charge in [-0.25, -0.2) is 0 Å². The Bertz CT molecular complexity index is 638. The Morgan fingerprint density at radius 3 is 2.47 bits per heavy atom. The zero-order chi connectivity index (χ0) is 14.0. The van der Waals surface area contributed by atoms with Crippen LogP contribution < -0.4 is 11.1 Å². The maximum Gasteiger partial charge on any atom is 0.255 e. The lowest BCUT2D eigenvalue weighted by Crippen LogP contribution is -2.14. The summed E-state index contributed by atoms with van der Waals surface area (Å²) in [6, 6.07) is 11.0. The number of nitrogens with one attached hydrogen (secondary N) is 1. The van der Waals surface area contributed by atoms with Crippen LogP contribution in [0.4, 0.5) is 11.4 Å². The molecule has 3 N–H and O–H groups in total. The second-order valence-electron chi connectivity index (χ2n) is 4.49. The maximum atomic E-state index is 12.2. The number of anilines is 2. The van der Waals surface area contributed by atoms with Crippen LogP contribution in [0.25, 0.3) is 0 Å². The molecular weight excluding hydrogens is 304 g/mol. The molecule has 0 aliphatic rings. The van der Waals surface area contributed by atoms with Crippen molar-refractivity contribution in [2.45, 2.75) is 13.8 Å². The van der Waals surface area contributed by atoms with Gasteiger partial charge in [0.2, 0.25) is 0 Å². The molecule has 0 bridgehead atoms. The van der Waals surface area contributed by atoms with Crippen LogP contribution in [-0.4, -0.2) is 5.91 Å². The minimum atomic E-state index is -0.122. The van der Waals surface area contributed by atoms with Gasteiger partial charge in [-0.2, -0.15) is 0 Å². The molecule has 2 aromatic carbocycles. The van der Waals surface area contributed by atoms with E-state index in [1.165, 1.54) is 0 Å². The average molecular weight is 319 g/mol. The van der Waals surface area contributed by atoms with Crippen molar-refractivity contribution < 1.29 is 4.79 Å². The van der Waals surface area contributed by atoms with Gasteiger partial charge in [0.1, 0.15) is 0 Å². The molecule has 1 amide bonds. The number of amides is 1. The quantitative estimate of drug-likeness (QED) is 0.825. The van der Waals surface area contributed by atoms with Crippen molar-refractivity contribution in [3.8, 4) is 0 Å². The van der Waals surface area contributed by atoms with Crippen molar-refractivity contribution in [3.63, 3.8) is 0 Å². The van der Waals surface area contributed by atoms with Gasteiger partial charge in [0.15, 0.2) is 0 Å². The zero-order valence-corrected chi connectivity index (χ0v) is 12.4. The van der Waals surface area contributed by atoms with Crippen LogP contribution in [0.3, 0.4) is 0 Å². The predicted octanol–water partition coefficient (Wildman–Crippen LogP) is 3.90. The normalized spacial score (nSPS) is 10.3. The Labute approximate surface area is 121 Å². The first-order chi connectivity index (χ1) is 8.97. The maximum absolute atomic E-state index is 12.2. The summed E-state index contributed by atoms with van der Waals surface area (Å²) in [4.78, 5) is 12.2. The summed E-state index contributed by atoms with van der Waals surface area (Å²) in [5, 5.41) is 2.91. The van der Waals surface area contributed by atoms with E-state index in [9.17, 15) is 4.79 Å². The van der Waals surface area contributed by atoms with Gasteiger partial charge < -0.3 is 11.1 Å². The third-order valence-electron chi connectivity index (χ3n) is 2.93. The molecule has 2 aromatic rings. The molecule has 0 fully saturated rings. The van der Waals surface area contributed by atoms with Crippen LogP contribution in [0.2, 0.25) is 0 Å². The second kappa shape index (κ2) is 5.45. The summed E-state index contributed by atoms with van der Waals surface area (Å²) >= 11 is 3.40. The second-order valence-corrected chi connectivity index (χ2v) is 5.40. The van der Waals surface area contributed by atoms with Gasteiger partial charge in [-0.1, -0.05) is 15.9 Å². The van der Waals surface area contributed by atoms with Crippen LogP contribution >= 0.6 is 15.9 Å². The molecule has 0 radical (unpaired) electrons. The minimum absolute atomic E-state index is 0.122. The third kappa shape index (κ3) is 3.15. The Hall–Kier alpha value is -1.81. The molecule has 0 saturated carbocycles. The standard InChI is InChI=1S/C15H15BrN2O/c1-9-8-12(17)4-5-13(9)15(19)18-14-6-3-11(16)7-10(14)2/h3-8H,17H2,1-2H3,(H,18,19). The number of hydrogen-bond donors (Lipinski definition) is 2. The van der Waals surface area contributed by atoms with E-state index >= 15 is 0 Å². The molecule has 0 aliphatic carbocycles. The third-order valence-corrected chi connectivity index (χ3v) is 3.42. The Morgan fingerprint density at radius 2 is 1.84 bits per heavy atom. The Balaban J connectivity index is 2.25.